The third-order valence-corrected chi connectivity index (χ3v) is 4.45. The van der Waals surface area contributed by atoms with E-state index in [9.17, 15) is 14.7 Å². The van der Waals surface area contributed by atoms with Gasteiger partial charge in [0.2, 0.25) is 0 Å². The molecule has 2 atom stereocenters. The number of anilines is 1. The van der Waals surface area contributed by atoms with Gasteiger partial charge in [-0.3, -0.25) is 4.79 Å². The number of hydrogen-bond acceptors (Lipinski definition) is 3. The lowest BCUT2D eigenvalue weighted by Crippen LogP contribution is -2.45. The van der Waals surface area contributed by atoms with Crippen molar-refractivity contribution in [2.75, 3.05) is 18.4 Å². The smallest absolute Gasteiger partial charge is 0.407 e. The molecule has 0 aliphatic carbocycles. The van der Waals surface area contributed by atoms with Crippen LogP contribution in [0.5, 0.6) is 0 Å². The van der Waals surface area contributed by atoms with E-state index in [0.717, 1.165) is 11.3 Å². The minimum absolute atomic E-state index is 0.244. The largest absolute Gasteiger partial charge is 0.481 e. The van der Waals surface area contributed by atoms with Crippen molar-refractivity contribution in [2.45, 2.75) is 24.3 Å². The second-order valence-electron chi connectivity index (χ2n) is 5.33. The Hall–Kier alpha value is -2.24. The van der Waals surface area contributed by atoms with Gasteiger partial charge in [0, 0.05) is 24.8 Å². The molecule has 6 nitrogen and oxygen atoms in total. The summed E-state index contributed by atoms with van der Waals surface area (Å²) in [7, 11) is 0. The maximum absolute atomic E-state index is 11.9. The molecule has 1 aromatic rings. The monoisotopic (exact) mass is 276 g/mol. The number of carboxylic acid groups (broad SMARTS) is 2. The summed E-state index contributed by atoms with van der Waals surface area (Å²) in [5.74, 6) is -0.882. The van der Waals surface area contributed by atoms with Gasteiger partial charge < -0.3 is 20.4 Å². The number of fused-ring (bicyclic) bond motifs is 3. The van der Waals surface area contributed by atoms with Gasteiger partial charge in [0.25, 0.3) is 0 Å². The number of benzene rings is 1. The van der Waals surface area contributed by atoms with E-state index in [0.29, 0.717) is 19.4 Å². The van der Waals surface area contributed by atoms with Crippen LogP contribution in [0.4, 0.5) is 10.5 Å². The molecule has 0 bridgehead atoms. The van der Waals surface area contributed by atoms with Crippen LogP contribution in [-0.2, 0) is 10.2 Å². The summed E-state index contributed by atoms with van der Waals surface area (Å²) >= 11 is 0. The van der Waals surface area contributed by atoms with Crippen LogP contribution < -0.4 is 5.32 Å². The fourth-order valence-corrected chi connectivity index (χ4v) is 3.39. The Morgan fingerprint density at radius 1 is 1.25 bits per heavy atom. The predicted octanol–water partition coefficient (Wildman–Crippen LogP) is 1.58. The van der Waals surface area contributed by atoms with Crippen LogP contribution in [0, 0.1) is 0 Å². The van der Waals surface area contributed by atoms with Crippen LogP contribution in [0.25, 0.3) is 0 Å². The van der Waals surface area contributed by atoms with Gasteiger partial charge in [-0.1, -0.05) is 18.2 Å². The zero-order chi connectivity index (χ0) is 14.3. The van der Waals surface area contributed by atoms with E-state index < -0.39 is 17.5 Å². The first kappa shape index (κ1) is 12.8. The van der Waals surface area contributed by atoms with E-state index in [2.05, 4.69) is 5.32 Å². The second-order valence-corrected chi connectivity index (χ2v) is 5.33. The molecule has 3 rings (SSSR count). The van der Waals surface area contributed by atoms with E-state index in [1.807, 2.05) is 24.3 Å². The molecule has 106 valence electrons. The molecule has 2 heterocycles. The van der Waals surface area contributed by atoms with Gasteiger partial charge in [0.15, 0.2) is 0 Å². The zero-order valence-electron chi connectivity index (χ0n) is 10.9. The van der Waals surface area contributed by atoms with Crippen molar-refractivity contribution < 1.29 is 19.8 Å². The average molecular weight is 276 g/mol. The first-order valence-corrected chi connectivity index (χ1v) is 6.63. The number of aliphatic carboxylic acids is 1. The lowest BCUT2D eigenvalue weighted by atomic mass is 9.73. The second kappa shape index (κ2) is 4.40. The number of amides is 1. The molecule has 1 fully saturated rings. The summed E-state index contributed by atoms with van der Waals surface area (Å²) in [6, 6.07) is 7.14. The number of nitrogens with zero attached hydrogens (tertiary/aromatic N) is 1. The number of para-hydroxylation sites is 1. The molecular formula is C14H16N2O4. The van der Waals surface area contributed by atoms with E-state index in [1.165, 1.54) is 4.90 Å². The molecule has 2 aliphatic heterocycles. The van der Waals surface area contributed by atoms with Crippen molar-refractivity contribution in [3.8, 4) is 0 Å². The normalized spacial score (nSPS) is 28.0. The van der Waals surface area contributed by atoms with Gasteiger partial charge in [0.1, 0.15) is 5.41 Å². The summed E-state index contributed by atoms with van der Waals surface area (Å²) < 4.78 is 0. The van der Waals surface area contributed by atoms with Gasteiger partial charge in [0.05, 0.1) is 0 Å². The van der Waals surface area contributed by atoms with Crippen molar-refractivity contribution in [3.63, 3.8) is 0 Å². The molecule has 6 heteroatoms. The number of hydrogen-bond donors (Lipinski definition) is 3. The molecule has 20 heavy (non-hydrogen) atoms. The number of likely N-dealkylation sites (tertiary alicyclic amines) is 1. The quantitative estimate of drug-likeness (QED) is 0.724. The van der Waals surface area contributed by atoms with Crippen LogP contribution in [0.2, 0.25) is 0 Å². The first-order chi connectivity index (χ1) is 9.55. The maximum Gasteiger partial charge on any atom is 0.407 e. The Morgan fingerprint density at radius 3 is 2.70 bits per heavy atom. The number of rotatable bonds is 1. The third-order valence-electron chi connectivity index (χ3n) is 4.45. The first-order valence-electron chi connectivity index (χ1n) is 6.63. The average Bonchev–Trinajstić information content (AvgIpc) is 2.60. The SMILES string of the molecule is O=C(O)N1CCC2Nc3ccccc3C2(C(=O)O)CC1. The summed E-state index contributed by atoms with van der Waals surface area (Å²) in [6.45, 7) is 0.601. The third kappa shape index (κ3) is 1.64. The van der Waals surface area contributed by atoms with Crippen LogP contribution >= 0.6 is 0 Å². The topological polar surface area (TPSA) is 89.9 Å². The van der Waals surface area contributed by atoms with E-state index >= 15 is 0 Å². The standard InChI is InChI=1S/C14H16N2O4/c17-12(18)14-6-8-16(13(19)20)7-5-11(14)15-10-4-2-1-3-9(10)14/h1-4,11,15H,5-8H2,(H,17,18)(H,19,20). The van der Waals surface area contributed by atoms with Gasteiger partial charge in [-0.25, -0.2) is 4.79 Å². The van der Waals surface area contributed by atoms with Crippen molar-refractivity contribution in [3.05, 3.63) is 29.8 Å². The van der Waals surface area contributed by atoms with Crippen LogP contribution in [-0.4, -0.2) is 46.3 Å². The number of nitrogens with one attached hydrogen (secondary N) is 1. The molecule has 0 aromatic heterocycles. The van der Waals surface area contributed by atoms with Crippen molar-refractivity contribution >= 4 is 17.7 Å². The fourth-order valence-electron chi connectivity index (χ4n) is 3.39. The molecule has 2 aliphatic rings. The molecule has 0 spiro atoms. The van der Waals surface area contributed by atoms with Gasteiger partial charge in [-0.2, -0.15) is 0 Å². The zero-order valence-corrected chi connectivity index (χ0v) is 10.9. The minimum atomic E-state index is -1.03. The lowest BCUT2D eigenvalue weighted by molar-refractivity contribution is -0.144. The Bertz CT molecular complexity index is 574. The number of carboxylic acids is 1. The van der Waals surface area contributed by atoms with E-state index in [-0.39, 0.29) is 12.6 Å². The van der Waals surface area contributed by atoms with Crippen LogP contribution in [0.3, 0.4) is 0 Å². The molecule has 3 N–H and O–H groups in total. The molecule has 2 unspecified atom stereocenters. The molecular weight excluding hydrogens is 260 g/mol. The highest BCUT2D eigenvalue weighted by Crippen LogP contribution is 2.46. The van der Waals surface area contributed by atoms with Gasteiger partial charge in [-0.15, -0.1) is 0 Å². The van der Waals surface area contributed by atoms with Crippen molar-refractivity contribution in [1.29, 1.82) is 0 Å². The highest BCUT2D eigenvalue weighted by Gasteiger charge is 2.53. The molecule has 1 aromatic carbocycles. The Kier molecular flexibility index (Phi) is 2.81. The molecule has 1 amide bonds. The van der Waals surface area contributed by atoms with Crippen LogP contribution in [0.15, 0.2) is 24.3 Å². The summed E-state index contributed by atoms with van der Waals surface area (Å²) in [4.78, 5) is 24.3. The van der Waals surface area contributed by atoms with E-state index in [4.69, 9.17) is 5.11 Å². The predicted molar refractivity (Wildman–Crippen MR) is 72.0 cm³/mol. The highest BCUT2D eigenvalue weighted by molar-refractivity contribution is 5.89. The Balaban J connectivity index is 2.04. The van der Waals surface area contributed by atoms with Gasteiger partial charge >= 0.3 is 12.1 Å². The summed E-state index contributed by atoms with van der Waals surface area (Å²) in [6.07, 6.45) is -0.199. The Labute approximate surface area is 116 Å². The fraction of sp³-hybridized carbons (Fsp3) is 0.429. The maximum atomic E-state index is 11.9. The molecule has 0 saturated carbocycles. The van der Waals surface area contributed by atoms with Crippen LogP contribution in [0.1, 0.15) is 18.4 Å². The Morgan fingerprint density at radius 2 is 2.00 bits per heavy atom. The number of carbonyl (C=O) groups is 2. The minimum Gasteiger partial charge on any atom is -0.481 e. The van der Waals surface area contributed by atoms with E-state index in [1.54, 1.807) is 0 Å². The van der Waals surface area contributed by atoms with Crippen molar-refractivity contribution in [2.24, 2.45) is 0 Å². The summed E-state index contributed by atoms with van der Waals surface area (Å²) in [5, 5.41) is 22.1. The van der Waals surface area contributed by atoms with Crippen molar-refractivity contribution in [1.82, 2.24) is 4.90 Å². The molecule has 1 saturated heterocycles. The lowest BCUT2D eigenvalue weighted by Gasteiger charge is -2.29. The molecule has 0 radical (unpaired) electrons. The highest BCUT2D eigenvalue weighted by atomic mass is 16.4. The van der Waals surface area contributed by atoms with Gasteiger partial charge in [-0.05, 0) is 24.5 Å². The summed E-state index contributed by atoms with van der Waals surface area (Å²) in [5.41, 5.74) is 0.592.